The number of carbonyl (C=O) groups is 3. The second-order valence-electron chi connectivity index (χ2n) is 14.1. The van der Waals surface area contributed by atoms with E-state index in [0.717, 1.165) is 5.56 Å². The van der Waals surface area contributed by atoms with Crippen LogP contribution in [0.1, 0.15) is 61.0 Å². The predicted octanol–water partition coefficient (Wildman–Crippen LogP) is 3.72. The van der Waals surface area contributed by atoms with E-state index in [9.17, 15) is 24.6 Å². The molecule has 2 saturated heterocycles. The first kappa shape index (κ1) is 41.3. The van der Waals surface area contributed by atoms with Crippen molar-refractivity contribution >= 4 is 38.0 Å². The highest BCUT2D eigenvalue weighted by atomic mass is 32.2. The average molecular weight is 731 g/mol. The van der Waals surface area contributed by atoms with Gasteiger partial charge in [0, 0.05) is 26.0 Å². The number of hydrogen-bond donors (Lipinski definition) is 2. The van der Waals surface area contributed by atoms with E-state index in [1.54, 1.807) is 0 Å². The van der Waals surface area contributed by atoms with Gasteiger partial charge in [0.2, 0.25) is 0 Å². The standard InChI is InChI=1S/C34H54O13SSi/c1-19(2)48-33-29(27(39)26(38)24(46-33)18-42-49(9,10)34(6,7)8)47-32-31(44-22(5)37)30(41-16-23-14-12-11-13-15-23)28(43-21(4)36)25(45-32)17-40-20(3)35/h11-15,19,24-33,38-39H,16-18H2,1-10H3/t24-,25-,26-,27+,28+,29+,30+,31-,32+,33+/m1/s1. The Morgan fingerprint density at radius 3 is 2.00 bits per heavy atom. The van der Waals surface area contributed by atoms with Gasteiger partial charge in [-0.1, -0.05) is 65.0 Å². The zero-order chi connectivity index (χ0) is 36.7. The van der Waals surface area contributed by atoms with Crippen LogP contribution in [0.2, 0.25) is 18.1 Å². The van der Waals surface area contributed by atoms with Crippen LogP contribution in [0.5, 0.6) is 0 Å². The van der Waals surface area contributed by atoms with E-state index in [4.69, 9.17) is 37.6 Å². The number of thioether (sulfide) groups is 1. The number of hydrogen-bond acceptors (Lipinski definition) is 14. The van der Waals surface area contributed by atoms with Crippen molar-refractivity contribution in [3.05, 3.63) is 35.9 Å². The van der Waals surface area contributed by atoms with Crippen molar-refractivity contribution in [3.63, 3.8) is 0 Å². The summed E-state index contributed by atoms with van der Waals surface area (Å²) in [5.41, 5.74) is -0.0282. The van der Waals surface area contributed by atoms with Crippen molar-refractivity contribution in [2.45, 2.75) is 146 Å². The van der Waals surface area contributed by atoms with Gasteiger partial charge < -0.3 is 47.8 Å². The lowest BCUT2D eigenvalue weighted by atomic mass is 9.97. The van der Waals surface area contributed by atoms with Crippen LogP contribution in [0.3, 0.4) is 0 Å². The van der Waals surface area contributed by atoms with E-state index in [-0.39, 0.29) is 30.1 Å². The Morgan fingerprint density at radius 1 is 0.837 bits per heavy atom. The Kier molecular flexibility index (Phi) is 15.1. The lowest BCUT2D eigenvalue weighted by molar-refractivity contribution is -0.341. The third-order valence-electron chi connectivity index (χ3n) is 8.69. The van der Waals surface area contributed by atoms with Gasteiger partial charge in [-0.2, -0.15) is 0 Å². The number of esters is 3. The largest absolute Gasteiger partial charge is 0.463 e. The molecular formula is C34H54O13SSi. The van der Waals surface area contributed by atoms with E-state index in [1.807, 2.05) is 44.2 Å². The molecule has 1 aromatic carbocycles. The third-order valence-corrected chi connectivity index (χ3v) is 14.4. The average Bonchev–Trinajstić information content (AvgIpc) is 2.99. The molecule has 3 rings (SSSR count). The van der Waals surface area contributed by atoms with Gasteiger partial charge in [0.05, 0.1) is 13.2 Å². The van der Waals surface area contributed by atoms with Crippen LogP contribution in [-0.2, 0) is 58.6 Å². The molecule has 0 saturated carbocycles. The zero-order valence-corrected chi connectivity index (χ0v) is 32.0. The van der Waals surface area contributed by atoms with Gasteiger partial charge in [0.1, 0.15) is 48.7 Å². The third kappa shape index (κ3) is 11.7. The van der Waals surface area contributed by atoms with E-state index >= 15 is 0 Å². The van der Waals surface area contributed by atoms with Gasteiger partial charge in [-0.15, -0.1) is 11.8 Å². The second-order valence-corrected chi connectivity index (χ2v) is 20.6. The highest BCUT2D eigenvalue weighted by Gasteiger charge is 2.55. The first-order valence-electron chi connectivity index (χ1n) is 16.6. The summed E-state index contributed by atoms with van der Waals surface area (Å²) in [5, 5.41) is 22.8. The smallest absolute Gasteiger partial charge is 0.303 e. The summed E-state index contributed by atoms with van der Waals surface area (Å²) in [6, 6.07) is 9.18. The molecule has 0 amide bonds. The first-order chi connectivity index (χ1) is 22.8. The maximum absolute atomic E-state index is 12.5. The zero-order valence-electron chi connectivity index (χ0n) is 30.2. The quantitative estimate of drug-likeness (QED) is 0.162. The number of aliphatic hydroxyl groups excluding tert-OH is 2. The van der Waals surface area contributed by atoms with E-state index in [0.29, 0.717) is 0 Å². The summed E-state index contributed by atoms with van der Waals surface area (Å²) in [6.07, 6.45) is -11.2. The van der Waals surface area contributed by atoms with Crippen molar-refractivity contribution in [3.8, 4) is 0 Å². The lowest BCUT2D eigenvalue weighted by Crippen LogP contribution is -2.65. The van der Waals surface area contributed by atoms with Gasteiger partial charge in [0.15, 0.2) is 26.8 Å². The monoisotopic (exact) mass is 730 g/mol. The Labute approximate surface area is 294 Å². The number of aliphatic hydroxyl groups is 2. The molecule has 2 aliphatic heterocycles. The molecule has 10 atom stereocenters. The molecule has 0 bridgehead atoms. The van der Waals surface area contributed by atoms with Crippen LogP contribution in [0.15, 0.2) is 30.3 Å². The second kappa shape index (κ2) is 17.9. The molecule has 49 heavy (non-hydrogen) atoms. The molecule has 278 valence electrons. The molecule has 15 heteroatoms. The van der Waals surface area contributed by atoms with E-state index in [1.165, 1.54) is 32.5 Å². The van der Waals surface area contributed by atoms with Gasteiger partial charge >= 0.3 is 17.9 Å². The Bertz CT molecular complexity index is 1230. The Balaban J connectivity index is 1.98. The summed E-state index contributed by atoms with van der Waals surface area (Å²) >= 11 is 1.37. The maximum Gasteiger partial charge on any atom is 0.303 e. The SMILES string of the molecule is CC(=O)OC[C@H]1O[C@@H](O[C@H]2[C@@H](O)[C@H](O)[C@@H](CO[Si](C)(C)C(C)(C)C)O[C@H]2SC(C)C)[C@H](OC(C)=O)[C@@H](OCc2ccccc2)[C@H]1OC(C)=O. The topological polar surface area (TPSA) is 166 Å². The van der Waals surface area contributed by atoms with Crippen LogP contribution in [0.4, 0.5) is 0 Å². The highest BCUT2D eigenvalue weighted by molar-refractivity contribution is 8.00. The molecular weight excluding hydrogens is 677 g/mol. The fourth-order valence-electron chi connectivity index (χ4n) is 5.16. The molecule has 2 heterocycles. The van der Waals surface area contributed by atoms with E-state index < -0.39 is 86.8 Å². The van der Waals surface area contributed by atoms with Crippen molar-refractivity contribution in [2.24, 2.45) is 0 Å². The van der Waals surface area contributed by atoms with Crippen molar-refractivity contribution in [1.82, 2.24) is 0 Å². The van der Waals surface area contributed by atoms with E-state index in [2.05, 4.69) is 33.9 Å². The highest BCUT2D eigenvalue weighted by Crippen LogP contribution is 2.40. The fourth-order valence-corrected chi connectivity index (χ4v) is 7.29. The van der Waals surface area contributed by atoms with Crippen LogP contribution >= 0.6 is 11.8 Å². The molecule has 0 spiro atoms. The number of rotatable bonds is 14. The minimum Gasteiger partial charge on any atom is -0.463 e. The number of ether oxygens (including phenoxy) is 7. The summed E-state index contributed by atoms with van der Waals surface area (Å²) in [6.45, 7) is 17.8. The van der Waals surface area contributed by atoms with Gasteiger partial charge in [-0.05, 0) is 23.7 Å². The Morgan fingerprint density at radius 2 is 1.45 bits per heavy atom. The fraction of sp³-hybridized carbons (Fsp3) is 0.735. The maximum atomic E-state index is 12.5. The van der Waals surface area contributed by atoms with Gasteiger partial charge in [0.25, 0.3) is 0 Å². The number of benzene rings is 1. The van der Waals surface area contributed by atoms with Crippen LogP contribution < -0.4 is 0 Å². The summed E-state index contributed by atoms with van der Waals surface area (Å²) in [4.78, 5) is 36.6. The van der Waals surface area contributed by atoms with Gasteiger partial charge in [-0.3, -0.25) is 14.4 Å². The van der Waals surface area contributed by atoms with Gasteiger partial charge in [-0.25, -0.2) is 0 Å². The first-order valence-corrected chi connectivity index (χ1v) is 20.4. The van der Waals surface area contributed by atoms with Crippen molar-refractivity contribution < 1.29 is 62.2 Å². The van der Waals surface area contributed by atoms with Crippen LogP contribution in [0, 0.1) is 0 Å². The van der Waals surface area contributed by atoms with Crippen LogP contribution in [-0.4, -0.2) is 115 Å². The molecule has 0 radical (unpaired) electrons. The summed E-state index contributed by atoms with van der Waals surface area (Å²) in [7, 11) is -2.22. The minimum absolute atomic E-state index is 0.0176. The lowest BCUT2D eigenvalue weighted by Gasteiger charge is -2.48. The molecule has 1 aromatic rings. The van der Waals surface area contributed by atoms with Crippen molar-refractivity contribution in [2.75, 3.05) is 13.2 Å². The molecule has 2 fully saturated rings. The predicted molar refractivity (Wildman–Crippen MR) is 183 cm³/mol. The summed E-state index contributed by atoms with van der Waals surface area (Å²) in [5.74, 6) is -1.98. The van der Waals surface area contributed by atoms with Crippen LogP contribution in [0.25, 0.3) is 0 Å². The molecule has 13 nitrogen and oxygen atoms in total. The molecule has 2 aliphatic rings. The summed E-state index contributed by atoms with van der Waals surface area (Å²) < 4.78 is 48.3. The molecule has 0 aromatic heterocycles. The molecule has 0 unspecified atom stereocenters. The van der Waals surface area contributed by atoms with Crippen molar-refractivity contribution in [1.29, 1.82) is 0 Å². The molecule has 2 N–H and O–H groups in total. The normalized spacial score (nSPS) is 30.9. The minimum atomic E-state index is -2.22. The molecule has 0 aliphatic carbocycles. The Hall–Kier alpha value is -2.08. The number of carbonyl (C=O) groups excluding carboxylic acids is 3.